The highest BCUT2D eigenvalue weighted by Gasteiger charge is 2.50. The van der Waals surface area contributed by atoms with E-state index >= 15 is 0 Å². The smallest absolute Gasteiger partial charge is 0.331 e. The van der Waals surface area contributed by atoms with Crippen LogP contribution in [0.1, 0.15) is 41.5 Å². The van der Waals surface area contributed by atoms with Crippen molar-refractivity contribution in [2.75, 3.05) is 26.5 Å². The van der Waals surface area contributed by atoms with Gasteiger partial charge < -0.3 is 23.6 Å². The topological polar surface area (TPSA) is 112 Å². The normalized spacial score (nSPS) is 26.4. The average Bonchev–Trinajstić information content (AvgIpc) is 2.95. The van der Waals surface area contributed by atoms with Gasteiger partial charge in [0.05, 0.1) is 25.5 Å². The molecule has 0 saturated carbocycles. The molecule has 29 heavy (non-hydrogen) atoms. The lowest BCUT2D eigenvalue weighted by atomic mass is 10.00. The number of carbonyl (C=O) groups is 2. The third-order valence-corrected chi connectivity index (χ3v) is 7.10. The van der Waals surface area contributed by atoms with Gasteiger partial charge in [-0.1, -0.05) is 6.92 Å². The number of aliphatic hydroxyl groups excluding tert-OH is 1. The van der Waals surface area contributed by atoms with Crippen LogP contribution in [0.25, 0.3) is 0 Å². The largest absolute Gasteiger partial charge is 0.387 e. The van der Waals surface area contributed by atoms with E-state index in [-0.39, 0.29) is 31.1 Å². The van der Waals surface area contributed by atoms with Crippen LogP contribution in [0.3, 0.4) is 0 Å². The summed E-state index contributed by atoms with van der Waals surface area (Å²) in [4.78, 5) is 25.0. The molecule has 0 aromatic carbocycles. The van der Waals surface area contributed by atoms with E-state index in [1.807, 2.05) is 0 Å². The zero-order valence-electron chi connectivity index (χ0n) is 18.3. The Hall–Kier alpha value is -1.09. The molecule has 0 aliphatic carbocycles. The van der Waals surface area contributed by atoms with Crippen LogP contribution in [-0.4, -0.2) is 72.7 Å². The van der Waals surface area contributed by atoms with Crippen molar-refractivity contribution in [2.45, 2.75) is 66.1 Å². The third kappa shape index (κ3) is 6.70. The molecule has 0 unspecified atom stereocenters. The summed E-state index contributed by atoms with van der Waals surface area (Å²) in [6, 6.07) is 0. The fourth-order valence-electron chi connectivity index (χ4n) is 3.26. The molecule has 1 aliphatic heterocycles. The summed E-state index contributed by atoms with van der Waals surface area (Å²) < 4.78 is 34.9. The number of hydrogen-bond acceptors (Lipinski definition) is 8. The molecule has 0 spiro atoms. The van der Waals surface area contributed by atoms with Gasteiger partial charge in [0.15, 0.2) is 12.0 Å². The summed E-state index contributed by atoms with van der Waals surface area (Å²) in [5.74, 6) is -0.973. The van der Waals surface area contributed by atoms with Gasteiger partial charge in [-0.25, -0.2) is 0 Å². The molecule has 9 nitrogen and oxygen atoms in total. The first-order valence-corrected chi connectivity index (χ1v) is 11.5. The second kappa shape index (κ2) is 11.3. The number of aliphatic hydroxyl groups is 1. The predicted molar refractivity (Wildman–Crippen MR) is 107 cm³/mol. The highest BCUT2D eigenvalue weighted by Crippen LogP contribution is 2.51. The number of nitrogens with zero attached hydrogens (tertiary/aromatic N) is 1. The predicted octanol–water partition coefficient (Wildman–Crippen LogP) is 2.33. The van der Waals surface area contributed by atoms with Crippen molar-refractivity contribution in [3.8, 4) is 0 Å². The monoisotopic (exact) mass is 435 g/mol. The minimum atomic E-state index is -3.35. The maximum absolute atomic E-state index is 12.9. The molecule has 168 valence electrons. The van der Waals surface area contributed by atoms with Crippen LogP contribution in [0.15, 0.2) is 11.8 Å². The first-order valence-electron chi connectivity index (χ1n) is 9.73. The Morgan fingerprint density at radius 3 is 2.17 bits per heavy atom. The molecule has 0 bridgehead atoms. The molecule has 0 radical (unpaired) electrons. The summed E-state index contributed by atoms with van der Waals surface area (Å²) >= 11 is 0. The molecule has 1 saturated heterocycles. The number of methoxy groups -OCH3 is 1. The van der Waals surface area contributed by atoms with Crippen LogP contribution in [0.4, 0.5) is 0 Å². The molecular formula is C19H34NO8P. The fourth-order valence-corrected chi connectivity index (χ4v) is 5.25. The summed E-state index contributed by atoms with van der Waals surface area (Å²) in [6.07, 6.45) is -2.20. The van der Waals surface area contributed by atoms with Crippen LogP contribution in [0, 0.1) is 5.92 Å². The van der Waals surface area contributed by atoms with Gasteiger partial charge in [0.2, 0.25) is 5.91 Å². The van der Waals surface area contributed by atoms with Crippen molar-refractivity contribution in [1.82, 2.24) is 4.90 Å². The molecule has 1 fully saturated rings. The Labute approximate surface area is 172 Å². The second-order valence-electron chi connectivity index (χ2n) is 7.08. The summed E-state index contributed by atoms with van der Waals surface area (Å²) in [5, 5.41) is 10.8. The Balaban J connectivity index is 3.12. The number of amides is 1. The molecule has 1 amide bonds. The molecule has 1 rings (SSSR count). The number of ether oxygens (including phenoxy) is 2. The summed E-state index contributed by atoms with van der Waals surface area (Å²) in [7, 11) is -1.94. The van der Waals surface area contributed by atoms with Gasteiger partial charge in [0.25, 0.3) is 0 Å². The maximum Gasteiger partial charge on any atom is 0.331 e. The van der Waals surface area contributed by atoms with E-state index in [1.54, 1.807) is 27.7 Å². The first-order chi connectivity index (χ1) is 13.5. The number of carbonyl (C=O) groups excluding carboxylic acids is 2. The van der Waals surface area contributed by atoms with E-state index in [2.05, 4.69) is 0 Å². The summed E-state index contributed by atoms with van der Waals surface area (Å²) in [5.41, 5.74) is 0.363. The standard InChI is InChI=1S/C19H34NO8P/c1-8-26-29(24,27-9-2)11-13(4)17-16(23)18(25-7)19(28-17)20(15(6)22)10-12(3)14(5)21/h10,13,16-19,23H,8-9,11H2,1-7H3/b12-10-/t13-,16-,17-,18-,19-/m1/s1. The van der Waals surface area contributed by atoms with Crippen molar-refractivity contribution >= 4 is 19.3 Å². The lowest BCUT2D eigenvalue weighted by Gasteiger charge is -2.29. The number of hydrogen-bond donors (Lipinski definition) is 1. The van der Waals surface area contributed by atoms with Gasteiger partial charge in [0.1, 0.15) is 12.2 Å². The van der Waals surface area contributed by atoms with Crippen LogP contribution in [0.2, 0.25) is 0 Å². The minimum absolute atomic E-state index is 0.0436. The van der Waals surface area contributed by atoms with Crippen LogP contribution in [0.5, 0.6) is 0 Å². The first kappa shape index (κ1) is 25.9. The van der Waals surface area contributed by atoms with Crippen molar-refractivity contribution in [3.63, 3.8) is 0 Å². The molecule has 10 heteroatoms. The minimum Gasteiger partial charge on any atom is -0.387 e. The van der Waals surface area contributed by atoms with Crippen molar-refractivity contribution in [1.29, 1.82) is 0 Å². The van der Waals surface area contributed by atoms with Gasteiger partial charge >= 0.3 is 7.60 Å². The molecule has 1 N–H and O–H groups in total. The van der Waals surface area contributed by atoms with Crippen molar-refractivity contribution < 1.29 is 37.8 Å². The number of allylic oxidation sites excluding steroid dienone is 1. The molecule has 1 heterocycles. The molecular weight excluding hydrogens is 401 g/mol. The third-order valence-electron chi connectivity index (χ3n) is 4.77. The van der Waals surface area contributed by atoms with E-state index < -0.39 is 38.1 Å². The molecule has 5 atom stereocenters. The lowest BCUT2D eigenvalue weighted by Crippen LogP contribution is -2.45. The highest BCUT2D eigenvalue weighted by molar-refractivity contribution is 7.53. The zero-order valence-corrected chi connectivity index (χ0v) is 19.2. The van der Waals surface area contributed by atoms with E-state index in [1.165, 1.54) is 32.1 Å². The van der Waals surface area contributed by atoms with Crippen LogP contribution < -0.4 is 0 Å². The number of rotatable bonds is 11. The van der Waals surface area contributed by atoms with E-state index in [0.29, 0.717) is 5.57 Å². The Morgan fingerprint density at radius 2 is 1.76 bits per heavy atom. The van der Waals surface area contributed by atoms with Gasteiger partial charge in [-0.2, -0.15) is 0 Å². The lowest BCUT2D eigenvalue weighted by molar-refractivity contribution is -0.145. The highest BCUT2D eigenvalue weighted by atomic mass is 31.2. The number of Topliss-reactive ketones (excluding diaryl/α,β-unsaturated/α-hetero) is 1. The van der Waals surface area contributed by atoms with Gasteiger partial charge in [-0.3, -0.25) is 19.1 Å². The quantitative estimate of drug-likeness (QED) is 0.389. The zero-order chi connectivity index (χ0) is 22.4. The van der Waals surface area contributed by atoms with E-state index in [9.17, 15) is 19.3 Å². The molecule has 0 aromatic rings. The van der Waals surface area contributed by atoms with E-state index in [0.717, 1.165) is 0 Å². The Kier molecular flexibility index (Phi) is 10.1. The second-order valence-corrected chi connectivity index (χ2v) is 9.19. The maximum atomic E-state index is 12.9. The van der Waals surface area contributed by atoms with Crippen molar-refractivity contribution in [3.05, 3.63) is 11.8 Å². The van der Waals surface area contributed by atoms with Crippen molar-refractivity contribution in [2.24, 2.45) is 5.92 Å². The average molecular weight is 435 g/mol. The Morgan fingerprint density at radius 1 is 1.21 bits per heavy atom. The van der Waals surface area contributed by atoms with Gasteiger partial charge in [-0.15, -0.1) is 0 Å². The van der Waals surface area contributed by atoms with Gasteiger partial charge in [0, 0.05) is 25.8 Å². The SMILES string of the molecule is CCOP(=O)(C[C@@H](C)[C@H]1O[C@@H](N(/C=C(/C)C(C)=O)C(C)=O)[C@H](OC)[C@@H]1O)OCC. The van der Waals surface area contributed by atoms with Crippen LogP contribution in [-0.2, 0) is 32.7 Å². The number of ketones is 1. The fraction of sp³-hybridized carbons (Fsp3) is 0.789. The molecule has 1 aliphatic rings. The Bertz CT molecular complexity index is 642. The van der Waals surface area contributed by atoms with E-state index in [4.69, 9.17) is 18.5 Å². The van der Waals surface area contributed by atoms with Gasteiger partial charge in [-0.05, 0) is 33.6 Å². The van der Waals surface area contributed by atoms with Crippen LogP contribution >= 0.6 is 7.60 Å². The molecule has 0 aromatic heterocycles. The summed E-state index contributed by atoms with van der Waals surface area (Å²) in [6.45, 7) is 10.00.